The van der Waals surface area contributed by atoms with Gasteiger partial charge in [0, 0.05) is 26.2 Å². The topological polar surface area (TPSA) is 28.1 Å². The quantitative estimate of drug-likeness (QED) is 0.742. The number of alkyl halides is 1. The number of amidine groups is 1. The SMILES string of the molecule is Fc1ccc([C@H]2c3ccccc3CCN2C2=NCC3(CN4CCC3(F)C4)O2)cc1. The van der Waals surface area contributed by atoms with Gasteiger partial charge in [-0.2, -0.15) is 0 Å². The Labute approximate surface area is 168 Å². The summed E-state index contributed by atoms with van der Waals surface area (Å²) in [6, 6.07) is 15.3. The molecule has 6 heteroatoms. The monoisotopic (exact) mass is 395 g/mol. The van der Waals surface area contributed by atoms with E-state index in [1.807, 2.05) is 24.3 Å². The molecule has 0 saturated carbocycles. The summed E-state index contributed by atoms with van der Waals surface area (Å²) >= 11 is 0. The van der Waals surface area contributed by atoms with Gasteiger partial charge in [0.1, 0.15) is 5.82 Å². The fraction of sp³-hybridized carbons (Fsp3) is 0.435. The zero-order chi connectivity index (χ0) is 19.6. The van der Waals surface area contributed by atoms with E-state index in [2.05, 4.69) is 21.9 Å². The summed E-state index contributed by atoms with van der Waals surface area (Å²) in [5.41, 5.74) is 1.25. The standard InChI is InChI=1S/C23H23F2N3O/c24-18-7-5-17(6-8-18)20-19-4-2-1-3-16(19)9-11-28(20)21-26-13-23(29-21)15-27-12-10-22(23,25)14-27/h1-8,20H,9-15H2/t20-,22?,23?/m0/s1. The third-order valence-electron chi connectivity index (χ3n) is 7.07. The molecular weight excluding hydrogens is 372 g/mol. The Hall–Kier alpha value is -2.47. The third-order valence-corrected chi connectivity index (χ3v) is 7.07. The molecule has 3 unspecified atom stereocenters. The normalized spacial score (nSPS) is 35.0. The number of hydrogen-bond acceptors (Lipinski definition) is 4. The Balaban J connectivity index is 1.37. The van der Waals surface area contributed by atoms with Crippen LogP contribution in [-0.4, -0.2) is 59.8 Å². The fourth-order valence-electron chi connectivity index (χ4n) is 5.53. The number of nitrogens with zero attached hydrogens (tertiary/aromatic N) is 3. The third kappa shape index (κ3) is 2.48. The predicted molar refractivity (Wildman–Crippen MR) is 106 cm³/mol. The smallest absolute Gasteiger partial charge is 0.289 e. The highest BCUT2D eigenvalue weighted by molar-refractivity contribution is 5.78. The van der Waals surface area contributed by atoms with Gasteiger partial charge in [-0.1, -0.05) is 36.4 Å². The molecule has 4 heterocycles. The maximum absolute atomic E-state index is 15.6. The van der Waals surface area contributed by atoms with Gasteiger partial charge < -0.3 is 9.64 Å². The van der Waals surface area contributed by atoms with Crippen LogP contribution in [0.2, 0.25) is 0 Å². The van der Waals surface area contributed by atoms with E-state index >= 15 is 4.39 Å². The lowest BCUT2D eigenvalue weighted by atomic mass is 9.85. The highest BCUT2D eigenvalue weighted by Gasteiger charge is 2.66. The highest BCUT2D eigenvalue weighted by Crippen LogP contribution is 2.49. The Kier molecular flexibility index (Phi) is 3.61. The van der Waals surface area contributed by atoms with Crippen LogP contribution in [0.15, 0.2) is 53.5 Å². The molecule has 2 fully saturated rings. The maximum atomic E-state index is 15.6. The zero-order valence-electron chi connectivity index (χ0n) is 16.2. The van der Waals surface area contributed by atoms with Gasteiger partial charge in [-0.15, -0.1) is 0 Å². The first-order valence-electron chi connectivity index (χ1n) is 10.3. The number of piperidine rings is 1. The van der Waals surface area contributed by atoms with Gasteiger partial charge in [0.05, 0.1) is 12.6 Å². The fourth-order valence-corrected chi connectivity index (χ4v) is 5.53. The van der Waals surface area contributed by atoms with Crippen LogP contribution < -0.4 is 0 Å². The number of hydrogen-bond donors (Lipinski definition) is 0. The first-order valence-corrected chi connectivity index (χ1v) is 10.3. The summed E-state index contributed by atoms with van der Waals surface area (Å²) in [6.07, 6.45) is 1.39. The lowest BCUT2D eigenvalue weighted by Crippen LogP contribution is -2.56. The molecule has 0 aliphatic carbocycles. The Morgan fingerprint density at radius 3 is 2.62 bits per heavy atom. The molecule has 0 N–H and O–H groups in total. The summed E-state index contributed by atoms with van der Waals surface area (Å²) in [6.45, 7) is 2.94. The lowest BCUT2D eigenvalue weighted by Gasteiger charge is -2.41. The van der Waals surface area contributed by atoms with Crippen LogP contribution in [0.3, 0.4) is 0 Å². The Morgan fingerprint density at radius 1 is 1.03 bits per heavy atom. The molecule has 6 rings (SSSR count). The first-order chi connectivity index (χ1) is 14.1. The van der Waals surface area contributed by atoms with E-state index in [9.17, 15) is 4.39 Å². The van der Waals surface area contributed by atoms with Gasteiger partial charge in [0.2, 0.25) is 0 Å². The molecule has 4 aliphatic heterocycles. The van der Waals surface area contributed by atoms with Crippen molar-refractivity contribution in [3.8, 4) is 0 Å². The summed E-state index contributed by atoms with van der Waals surface area (Å²) in [5.74, 6) is -0.256. The molecule has 150 valence electrons. The molecule has 0 aromatic heterocycles. The van der Waals surface area contributed by atoms with Gasteiger partial charge in [-0.05, 0) is 41.7 Å². The number of halogens is 2. The highest BCUT2D eigenvalue weighted by atomic mass is 19.1. The first kappa shape index (κ1) is 17.4. The van der Waals surface area contributed by atoms with E-state index in [1.165, 1.54) is 23.3 Å². The summed E-state index contributed by atoms with van der Waals surface area (Å²) in [4.78, 5) is 8.98. The van der Waals surface area contributed by atoms with E-state index < -0.39 is 11.3 Å². The molecule has 2 aromatic carbocycles. The largest absolute Gasteiger partial charge is 0.452 e. The minimum atomic E-state index is -1.32. The molecule has 4 aliphatic rings. The van der Waals surface area contributed by atoms with E-state index in [-0.39, 0.29) is 11.9 Å². The Bertz CT molecular complexity index is 994. The number of rotatable bonds is 1. The molecule has 2 saturated heterocycles. The van der Waals surface area contributed by atoms with Crippen molar-refractivity contribution in [3.05, 3.63) is 71.0 Å². The van der Waals surface area contributed by atoms with Crippen LogP contribution in [0.25, 0.3) is 0 Å². The second-order valence-electron chi connectivity index (χ2n) is 8.72. The van der Waals surface area contributed by atoms with Crippen molar-refractivity contribution in [1.29, 1.82) is 0 Å². The summed E-state index contributed by atoms with van der Waals surface area (Å²) in [7, 11) is 0. The van der Waals surface area contributed by atoms with Gasteiger partial charge in [0.15, 0.2) is 11.3 Å². The van der Waals surface area contributed by atoms with E-state index in [4.69, 9.17) is 9.73 Å². The molecule has 4 atom stereocenters. The number of fused-ring (bicyclic) bond motifs is 4. The maximum Gasteiger partial charge on any atom is 0.289 e. The van der Waals surface area contributed by atoms with Gasteiger partial charge >= 0.3 is 0 Å². The molecular formula is C23H23F2N3O. The number of benzene rings is 2. The lowest BCUT2D eigenvalue weighted by molar-refractivity contribution is -0.0545. The van der Waals surface area contributed by atoms with Crippen molar-refractivity contribution < 1.29 is 13.5 Å². The summed E-state index contributed by atoms with van der Waals surface area (Å²) in [5, 5.41) is 0. The van der Waals surface area contributed by atoms with Crippen molar-refractivity contribution in [2.45, 2.75) is 30.2 Å². The molecule has 2 bridgehead atoms. The van der Waals surface area contributed by atoms with Gasteiger partial charge in [-0.3, -0.25) is 4.90 Å². The van der Waals surface area contributed by atoms with Crippen molar-refractivity contribution in [1.82, 2.24) is 9.80 Å². The molecule has 1 spiro atoms. The van der Waals surface area contributed by atoms with E-state index in [0.717, 1.165) is 25.1 Å². The van der Waals surface area contributed by atoms with Crippen molar-refractivity contribution >= 4 is 6.02 Å². The molecule has 0 radical (unpaired) electrons. The minimum Gasteiger partial charge on any atom is -0.452 e. The van der Waals surface area contributed by atoms with Crippen molar-refractivity contribution in [2.75, 3.05) is 32.7 Å². The molecule has 0 amide bonds. The van der Waals surface area contributed by atoms with Crippen molar-refractivity contribution in [2.24, 2.45) is 4.99 Å². The van der Waals surface area contributed by atoms with E-state index in [1.54, 1.807) is 0 Å². The van der Waals surface area contributed by atoms with Gasteiger partial charge in [0.25, 0.3) is 6.02 Å². The number of ether oxygens (including phenoxy) is 1. The second-order valence-corrected chi connectivity index (χ2v) is 8.72. The van der Waals surface area contributed by atoms with Crippen LogP contribution in [0.5, 0.6) is 0 Å². The average molecular weight is 395 g/mol. The van der Waals surface area contributed by atoms with Crippen LogP contribution in [0.4, 0.5) is 8.78 Å². The minimum absolute atomic E-state index is 0.121. The predicted octanol–water partition coefficient (Wildman–Crippen LogP) is 3.33. The molecule has 2 aromatic rings. The van der Waals surface area contributed by atoms with Crippen LogP contribution in [0.1, 0.15) is 29.2 Å². The van der Waals surface area contributed by atoms with E-state index in [0.29, 0.717) is 32.1 Å². The number of aliphatic imine (C=N–C) groups is 1. The summed E-state index contributed by atoms with van der Waals surface area (Å²) < 4.78 is 35.5. The zero-order valence-corrected chi connectivity index (χ0v) is 16.2. The van der Waals surface area contributed by atoms with Gasteiger partial charge in [-0.25, -0.2) is 13.8 Å². The van der Waals surface area contributed by atoms with Crippen molar-refractivity contribution in [3.63, 3.8) is 0 Å². The average Bonchev–Trinajstić information content (AvgIpc) is 3.40. The molecule has 29 heavy (non-hydrogen) atoms. The Morgan fingerprint density at radius 2 is 1.86 bits per heavy atom. The second kappa shape index (κ2) is 6.02. The van der Waals surface area contributed by atoms with Crippen LogP contribution in [-0.2, 0) is 11.2 Å². The molecule has 4 nitrogen and oxygen atoms in total. The van der Waals surface area contributed by atoms with Crippen LogP contribution in [0, 0.1) is 5.82 Å². The van der Waals surface area contributed by atoms with Crippen LogP contribution >= 0.6 is 0 Å².